The summed E-state index contributed by atoms with van der Waals surface area (Å²) >= 11 is 0. The second-order valence-electron chi connectivity index (χ2n) is 10.0. The third-order valence-electron chi connectivity index (χ3n) is 7.34. The third kappa shape index (κ3) is 5.21. The number of rotatable bonds is 7. The minimum atomic E-state index is 0.0659. The van der Waals surface area contributed by atoms with Gasteiger partial charge in [0.15, 0.2) is 0 Å². The van der Waals surface area contributed by atoms with Crippen molar-refractivity contribution < 1.29 is 4.79 Å². The van der Waals surface area contributed by atoms with E-state index in [0.29, 0.717) is 23.8 Å². The van der Waals surface area contributed by atoms with E-state index in [1.807, 2.05) is 0 Å². The molecule has 4 rings (SSSR count). The van der Waals surface area contributed by atoms with Crippen molar-refractivity contribution in [2.75, 3.05) is 26.2 Å². The number of amides is 1. The second kappa shape index (κ2) is 9.61. The van der Waals surface area contributed by atoms with Crippen LogP contribution in [0.1, 0.15) is 57.9 Å². The molecule has 2 heterocycles. The summed E-state index contributed by atoms with van der Waals surface area (Å²) < 4.78 is 0. The van der Waals surface area contributed by atoms with Crippen molar-refractivity contribution >= 4 is 5.91 Å². The van der Waals surface area contributed by atoms with Crippen molar-refractivity contribution in [1.82, 2.24) is 15.1 Å². The Hall–Kier alpha value is -1.39. The number of hydrogen-bond donors (Lipinski definition) is 1. The van der Waals surface area contributed by atoms with Crippen LogP contribution >= 0.6 is 0 Å². The van der Waals surface area contributed by atoms with Crippen LogP contribution in [0.5, 0.6) is 0 Å². The zero-order chi connectivity index (χ0) is 20.2. The van der Waals surface area contributed by atoms with Gasteiger partial charge >= 0.3 is 0 Å². The average molecular weight is 398 g/mol. The van der Waals surface area contributed by atoms with Crippen LogP contribution in [-0.4, -0.2) is 54.0 Å². The molecule has 1 aliphatic carbocycles. The first kappa shape index (κ1) is 20.9. The Morgan fingerprint density at radius 1 is 1.07 bits per heavy atom. The molecule has 29 heavy (non-hydrogen) atoms. The van der Waals surface area contributed by atoms with E-state index in [9.17, 15) is 4.79 Å². The van der Waals surface area contributed by atoms with Crippen LogP contribution < -0.4 is 5.32 Å². The van der Waals surface area contributed by atoms with Crippen molar-refractivity contribution in [2.45, 2.75) is 71.0 Å². The molecule has 0 aromatic heterocycles. The largest absolute Gasteiger partial charge is 0.352 e. The predicted molar refractivity (Wildman–Crippen MR) is 119 cm³/mol. The van der Waals surface area contributed by atoms with Crippen LogP contribution in [0.4, 0.5) is 0 Å². The Morgan fingerprint density at radius 3 is 2.55 bits per heavy atom. The number of carbonyl (C=O) groups is 1. The van der Waals surface area contributed by atoms with Crippen molar-refractivity contribution in [3.05, 3.63) is 35.9 Å². The smallest absolute Gasteiger partial charge is 0.237 e. The van der Waals surface area contributed by atoms with E-state index in [2.05, 4.69) is 59.3 Å². The summed E-state index contributed by atoms with van der Waals surface area (Å²) in [5.41, 5.74) is 1.40. The van der Waals surface area contributed by atoms with Gasteiger partial charge in [-0.2, -0.15) is 0 Å². The van der Waals surface area contributed by atoms with Gasteiger partial charge in [0.25, 0.3) is 0 Å². The van der Waals surface area contributed by atoms with Crippen molar-refractivity contribution in [3.8, 4) is 0 Å². The topological polar surface area (TPSA) is 35.6 Å². The highest BCUT2D eigenvalue weighted by Crippen LogP contribution is 2.39. The van der Waals surface area contributed by atoms with Gasteiger partial charge in [-0.15, -0.1) is 0 Å². The molecule has 4 nitrogen and oxygen atoms in total. The molecule has 0 unspecified atom stereocenters. The Morgan fingerprint density at radius 2 is 1.83 bits per heavy atom. The minimum absolute atomic E-state index is 0.0659. The van der Waals surface area contributed by atoms with E-state index in [1.165, 1.54) is 37.8 Å². The second-order valence-corrected chi connectivity index (χ2v) is 10.0. The van der Waals surface area contributed by atoms with E-state index >= 15 is 0 Å². The summed E-state index contributed by atoms with van der Waals surface area (Å²) in [6, 6.07) is 11.2. The zero-order valence-corrected chi connectivity index (χ0v) is 18.4. The number of piperidine rings is 1. The van der Waals surface area contributed by atoms with E-state index in [1.54, 1.807) is 0 Å². The molecule has 0 bridgehead atoms. The highest BCUT2D eigenvalue weighted by molar-refractivity contribution is 5.82. The molecule has 3 fully saturated rings. The molecular weight excluding hydrogens is 358 g/mol. The van der Waals surface area contributed by atoms with Gasteiger partial charge in [0.1, 0.15) is 0 Å². The first-order chi connectivity index (χ1) is 14.1. The molecular formula is C25H39N3O. The van der Waals surface area contributed by atoms with Crippen LogP contribution in [0.3, 0.4) is 0 Å². The molecule has 4 atom stereocenters. The molecule has 0 spiro atoms. The van der Waals surface area contributed by atoms with Gasteiger partial charge < -0.3 is 5.32 Å². The lowest BCUT2D eigenvalue weighted by Crippen LogP contribution is -2.52. The maximum Gasteiger partial charge on any atom is 0.237 e. The highest BCUT2D eigenvalue weighted by Gasteiger charge is 2.43. The van der Waals surface area contributed by atoms with Gasteiger partial charge in [0.05, 0.1) is 6.04 Å². The fourth-order valence-electron chi connectivity index (χ4n) is 5.88. The van der Waals surface area contributed by atoms with E-state index in [-0.39, 0.29) is 6.04 Å². The number of carbonyl (C=O) groups excluding carboxylic acids is 1. The molecule has 0 radical (unpaired) electrons. The highest BCUT2D eigenvalue weighted by atomic mass is 16.2. The molecule has 1 aromatic carbocycles. The Bertz CT molecular complexity index is 655. The van der Waals surface area contributed by atoms with E-state index in [0.717, 1.165) is 44.9 Å². The fourth-order valence-corrected chi connectivity index (χ4v) is 5.88. The van der Waals surface area contributed by atoms with Gasteiger partial charge in [-0.05, 0) is 68.5 Å². The van der Waals surface area contributed by atoms with Crippen LogP contribution in [0, 0.1) is 17.8 Å². The molecule has 1 saturated carbocycles. The van der Waals surface area contributed by atoms with Crippen LogP contribution in [-0.2, 0) is 11.3 Å². The minimum Gasteiger partial charge on any atom is -0.352 e. The number of likely N-dealkylation sites (tertiary alicyclic amines) is 2. The average Bonchev–Trinajstić information content (AvgIpc) is 3.28. The molecule has 4 heteroatoms. The number of nitrogens with zero attached hydrogens (tertiary/aromatic N) is 2. The van der Waals surface area contributed by atoms with E-state index in [4.69, 9.17) is 0 Å². The number of benzene rings is 1. The maximum absolute atomic E-state index is 13.3. The number of fused-ring (bicyclic) bond motifs is 1. The quantitative estimate of drug-likeness (QED) is 0.758. The Kier molecular flexibility index (Phi) is 6.92. The van der Waals surface area contributed by atoms with Crippen molar-refractivity contribution in [1.29, 1.82) is 0 Å². The molecule has 2 aliphatic heterocycles. The summed E-state index contributed by atoms with van der Waals surface area (Å²) in [4.78, 5) is 18.4. The van der Waals surface area contributed by atoms with Gasteiger partial charge in [-0.1, -0.05) is 50.6 Å². The lowest BCUT2D eigenvalue weighted by atomic mass is 9.96. The molecule has 1 aromatic rings. The van der Waals surface area contributed by atoms with Crippen molar-refractivity contribution in [3.63, 3.8) is 0 Å². The monoisotopic (exact) mass is 397 g/mol. The van der Waals surface area contributed by atoms with Crippen molar-refractivity contribution in [2.24, 2.45) is 17.8 Å². The number of hydrogen-bond acceptors (Lipinski definition) is 3. The molecule has 160 valence electrons. The van der Waals surface area contributed by atoms with Crippen LogP contribution in [0.2, 0.25) is 0 Å². The lowest BCUT2D eigenvalue weighted by molar-refractivity contribution is -0.128. The maximum atomic E-state index is 13.3. The van der Waals surface area contributed by atoms with Gasteiger partial charge in [-0.25, -0.2) is 0 Å². The van der Waals surface area contributed by atoms with Gasteiger partial charge in [0, 0.05) is 25.7 Å². The Labute approximate surface area is 177 Å². The lowest BCUT2D eigenvalue weighted by Gasteiger charge is -2.35. The summed E-state index contributed by atoms with van der Waals surface area (Å²) in [5.74, 6) is 2.23. The van der Waals surface area contributed by atoms with Gasteiger partial charge in [0.2, 0.25) is 5.91 Å². The van der Waals surface area contributed by atoms with Crippen LogP contribution in [0.15, 0.2) is 30.3 Å². The summed E-state index contributed by atoms with van der Waals surface area (Å²) in [6.07, 6.45) is 7.20. The SMILES string of the molecule is CC(C)C[C@@H](C(=O)N[C@@H]1CC[C@H]2CN(Cc3ccccc3)C[C@H]21)N1CCCCC1. The van der Waals surface area contributed by atoms with E-state index < -0.39 is 0 Å². The number of nitrogens with one attached hydrogen (secondary N) is 1. The summed E-state index contributed by atoms with van der Waals surface area (Å²) in [6.45, 7) is 10.0. The molecule has 1 N–H and O–H groups in total. The molecule has 3 aliphatic rings. The third-order valence-corrected chi connectivity index (χ3v) is 7.34. The standard InChI is InChI=1S/C25H39N3O/c1-19(2)15-24(28-13-7-4-8-14-28)25(29)26-23-12-11-21-17-27(18-22(21)23)16-20-9-5-3-6-10-20/h3,5-6,9-10,19,21-24H,4,7-8,11-18H2,1-2H3,(H,26,29)/t21-,22+,23+,24-/m0/s1. The molecule has 1 amide bonds. The van der Waals surface area contributed by atoms with Gasteiger partial charge in [-0.3, -0.25) is 14.6 Å². The zero-order valence-electron chi connectivity index (χ0n) is 18.4. The fraction of sp³-hybridized carbons (Fsp3) is 0.720. The molecule has 2 saturated heterocycles. The normalized spacial score (nSPS) is 29.1. The summed E-state index contributed by atoms with van der Waals surface area (Å²) in [7, 11) is 0. The first-order valence-corrected chi connectivity index (χ1v) is 11.9. The first-order valence-electron chi connectivity index (χ1n) is 11.9. The Balaban J connectivity index is 1.35. The summed E-state index contributed by atoms with van der Waals surface area (Å²) in [5, 5.41) is 3.53. The van der Waals surface area contributed by atoms with Crippen LogP contribution in [0.25, 0.3) is 0 Å². The predicted octanol–water partition coefficient (Wildman–Crippen LogP) is 3.91.